The third kappa shape index (κ3) is 6.45. The zero-order chi connectivity index (χ0) is 23.0. The minimum atomic E-state index is -4.58. The van der Waals surface area contributed by atoms with Crippen LogP contribution < -0.4 is 9.64 Å². The molecule has 0 saturated heterocycles. The first-order valence-corrected chi connectivity index (χ1v) is 10.8. The van der Waals surface area contributed by atoms with Gasteiger partial charge in [0.15, 0.2) is 5.82 Å². The van der Waals surface area contributed by atoms with Gasteiger partial charge in [-0.3, -0.25) is 0 Å². The topological polar surface area (TPSA) is 38.2 Å². The van der Waals surface area contributed by atoms with Crippen molar-refractivity contribution in [2.24, 2.45) is 0 Å². The number of ether oxygens (including phenoxy) is 1. The average molecular weight is 444 g/mol. The smallest absolute Gasteiger partial charge is 0.421 e. The van der Waals surface area contributed by atoms with Gasteiger partial charge < -0.3 is 9.64 Å². The van der Waals surface area contributed by atoms with Gasteiger partial charge in [-0.15, -0.1) is 0 Å². The highest BCUT2D eigenvalue weighted by molar-refractivity contribution is 5.63. The van der Waals surface area contributed by atoms with Gasteiger partial charge in [0, 0.05) is 18.9 Å². The highest BCUT2D eigenvalue weighted by Crippen LogP contribution is 2.37. The molecule has 32 heavy (non-hydrogen) atoms. The Balaban J connectivity index is 1.78. The molecule has 0 aliphatic carbocycles. The number of benzene rings is 2. The molecule has 0 aliphatic heterocycles. The molecule has 0 fully saturated rings. The second-order valence-electron chi connectivity index (χ2n) is 7.70. The summed E-state index contributed by atoms with van der Waals surface area (Å²) in [6, 6.07) is 16.8. The molecule has 0 aliphatic rings. The van der Waals surface area contributed by atoms with Crippen molar-refractivity contribution in [3.63, 3.8) is 0 Å². The minimum Gasteiger partial charge on any atom is -0.459 e. The number of hydrogen-bond acceptors (Lipinski definition) is 4. The van der Waals surface area contributed by atoms with Crippen LogP contribution in [-0.4, -0.2) is 17.0 Å². The number of alkyl halides is 3. The van der Waals surface area contributed by atoms with Crippen molar-refractivity contribution in [2.45, 2.75) is 51.8 Å². The van der Waals surface area contributed by atoms with Gasteiger partial charge in [-0.25, -0.2) is 4.98 Å². The molecule has 1 aromatic heterocycles. The molecular formula is C25H28F3N3O. The lowest BCUT2D eigenvalue weighted by Gasteiger charge is -2.23. The third-order valence-electron chi connectivity index (χ3n) is 5.22. The standard InChI is InChI=1S/C25H28F3N3O/c1-3-4-5-7-10-19-13-15-21(16-14-19)31(2)23-22(25(26,27)28)17-29-24(30-23)32-18-20-11-8-6-9-12-20/h6,8-9,11-17H,3-5,7,10,18H2,1-2H3. The van der Waals surface area contributed by atoms with Crippen LogP contribution >= 0.6 is 0 Å². The maximum absolute atomic E-state index is 13.6. The van der Waals surface area contributed by atoms with Crippen molar-refractivity contribution < 1.29 is 17.9 Å². The van der Waals surface area contributed by atoms with E-state index < -0.39 is 11.7 Å². The fourth-order valence-corrected chi connectivity index (χ4v) is 3.37. The Morgan fingerprint density at radius 3 is 2.28 bits per heavy atom. The third-order valence-corrected chi connectivity index (χ3v) is 5.22. The Kier molecular flexibility index (Phi) is 8.09. The molecule has 4 nitrogen and oxygen atoms in total. The number of anilines is 2. The summed E-state index contributed by atoms with van der Waals surface area (Å²) >= 11 is 0. The lowest BCUT2D eigenvalue weighted by atomic mass is 10.1. The second kappa shape index (κ2) is 11.0. The van der Waals surface area contributed by atoms with Crippen molar-refractivity contribution in [1.82, 2.24) is 9.97 Å². The molecule has 0 atom stereocenters. The maximum atomic E-state index is 13.6. The molecule has 0 bridgehead atoms. The molecule has 0 spiro atoms. The highest BCUT2D eigenvalue weighted by atomic mass is 19.4. The van der Waals surface area contributed by atoms with Crippen LogP contribution in [0.4, 0.5) is 24.7 Å². The first-order valence-electron chi connectivity index (χ1n) is 10.8. The summed E-state index contributed by atoms with van der Waals surface area (Å²) in [4.78, 5) is 9.29. The zero-order valence-electron chi connectivity index (χ0n) is 18.4. The first-order chi connectivity index (χ1) is 15.4. The summed E-state index contributed by atoms with van der Waals surface area (Å²) in [7, 11) is 1.56. The molecule has 0 saturated carbocycles. The number of hydrogen-bond donors (Lipinski definition) is 0. The highest BCUT2D eigenvalue weighted by Gasteiger charge is 2.36. The molecule has 2 aromatic carbocycles. The molecule has 7 heteroatoms. The van der Waals surface area contributed by atoms with E-state index in [1.54, 1.807) is 7.05 Å². The van der Waals surface area contributed by atoms with Crippen LogP contribution in [0.3, 0.4) is 0 Å². The molecule has 0 unspecified atom stereocenters. The monoisotopic (exact) mass is 443 g/mol. The van der Waals surface area contributed by atoms with Crippen molar-refractivity contribution >= 4 is 11.5 Å². The fraction of sp³-hybridized carbons (Fsp3) is 0.360. The Morgan fingerprint density at radius 1 is 0.906 bits per heavy atom. The number of nitrogens with zero attached hydrogens (tertiary/aromatic N) is 3. The van der Waals surface area contributed by atoms with Crippen LogP contribution in [0, 0.1) is 0 Å². The van der Waals surface area contributed by atoms with E-state index in [-0.39, 0.29) is 18.4 Å². The van der Waals surface area contributed by atoms with E-state index in [1.165, 1.54) is 29.7 Å². The second-order valence-corrected chi connectivity index (χ2v) is 7.70. The quantitative estimate of drug-likeness (QED) is 0.317. The van der Waals surface area contributed by atoms with Crippen LogP contribution in [0.25, 0.3) is 0 Å². The van der Waals surface area contributed by atoms with Crippen LogP contribution in [-0.2, 0) is 19.2 Å². The van der Waals surface area contributed by atoms with Crippen LogP contribution in [0.15, 0.2) is 60.8 Å². The molecule has 1 heterocycles. The Hall–Kier alpha value is -3.09. The van der Waals surface area contributed by atoms with Crippen LogP contribution in [0.5, 0.6) is 6.01 Å². The van der Waals surface area contributed by atoms with Gasteiger partial charge in [-0.1, -0.05) is 68.7 Å². The molecule has 170 valence electrons. The van der Waals surface area contributed by atoms with Gasteiger partial charge in [-0.05, 0) is 36.1 Å². The summed E-state index contributed by atoms with van der Waals surface area (Å²) in [5.74, 6) is -0.244. The van der Waals surface area contributed by atoms with Gasteiger partial charge in [0.1, 0.15) is 12.2 Å². The van der Waals surface area contributed by atoms with E-state index in [2.05, 4.69) is 16.9 Å². The summed E-state index contributed by atoms with van der Waals surface area (Å²) in [5, 5.41) is 0. The Labute approximate surface area is 187 Å². The normalized spacial score (nSPS) is 11.4. The predicted octanol–water partition coefficient (Wildman–Crippen LogP) is 6.97. The van der Waals surface area contributed by atoms with Crippen molar-refractivity contribution in [2.75, 3.05) is 11.9 Å². The number of rotatable bonds is 10. The van der Waals surface area contributed by atoms with E-state index >= 15 is 0 Å². The SMILES string of the molecule is CCCCCCc1ccc(N(C)c2nc(OCc3ccccc3)ncc2C(F)(F)F)cc1. The van der Waals surface area contributed by atoms with Gasteiger partial charge in [0.2, 0.25) is 0 Å². The van der Waals surface area contributed by atoms with E-state index in [0.717, 1.165) is 24.6 Å². The fourth-order valence-electron chi connectivity index (χ4n) is 3.37. The number of aromatic nitrogens is 2. The Morgan fingerprint density at radius 2 is 1.62 bits per heavy atom. The average Bonchev–Trinajstić information content (AvgIpc) is 2.80. The van der Waals surface area contributed by atoms with Crippen molar-refractivity contribution in [3.8, 4) is 6.01 Å². The largest absolute Gasteiger partial charge is 0.459 e. The lowest BCUT2D eigenvalue weighted by Crippen LogP contribution is -2.19. The summed E-state index contributed by atoms with van der Waals surface area (Å²) in [6.07, 6.45) is 1.84. The molecule has 3 aromatic rings. The minimum absolute atomic E-state index is 0.101. The molecule has 3 rings (SSSR count). The summed E-state index contributed by atoms with van der Waals surface area (Å²) < 4.78 is 46.4. The van der Waals surface area contributed by atoms with E-state index in [0.29, 0.717) is 5.69 Å². The molecular weight excluding hydrogens is 415 g/mol. The summed E-state index contributed by atoms with van der Waals surface area (Å²) in [6.45, 7) is 2.34. The Bertz CT molecular complexity index is 976. The van der Waals surface area contributed by atoms with Crippen LogP contribution in [0.2, 0.25) is 0 Å². The van der Waals surface area contributed by atoms with Gasteiger partial charge >= 0.3 is 12.2 Å². The lowest BCUT2D eigenvalue weighted by molar-refractivity contribution is -0.137. The summed E-state index contributed by atoms with van der Waals surface area (Å²) in [5.41, 5.74) is 1.75. The molecule has 0 N–H and O–H groups in total. The predicted molar refractivity (Wildman–Crippen MR) is 120 cm³/mol. The molecule has 0 amide bonds. The van der Waals surface area contributed by atoms with Crippen LogP contribution in [0.1, 0.15) is 49.3 Å². The van der Waals surface area contributed by atoms with E-state index in [1.807, 2.05) is 54.6 Å². The number of unbranched alkanes of at least 4 members (excludes halogenated alkanes) is 3. The maximum Gasteiger partial charge on any atom is 0.421 e. The zero-order valence-corrected chi connectivity index (χ0v) is 18.4. The van der Waals surface area contributed by atoms with Gasteiger partial charge in [0.25, 0.3) is 0 Å². The van der Waals surface area contributed by atoms with Crippen molar-refractivity contribution in [1.29, 1.82) is 0 Å². The van der Waals surface area contributed by atoms with E-state index in [9.17, 15) is 13.2 Å². The number of halogens is 3. The van der Waals surface area contributed by atoms with E-state index in [4.69, 9.17) is 4.74 Å². The van der Waals surface area contributed by atoms with Gasteiger partial charge in [0.05, 0.1) is 0 Å². The van der Waals surface area contributed by atoms with Gasteiger partial charge in [-0.2, -0.15) is 18.2 Å². The van der Waals surface area contributed by atoms with Crippen molar-refractivity contribution in [3.05, 3.63) is 77.5 Å². The first kappa shape index (κ1) is 23.6. The number of aryl methyl sites for hydroxylation is 1. The molecule has 0 radical (unpaired) electrons.